The first kappa shape index (κ1) is 16.0. The zero-order valence-electron chi connectivity index (χ0n) is 11.9. The van der Waals surface area contributed by atoms with Gasteiger partial charge in [0.1, 0.15) is 0 Å². The number of hydrogen-bond donors (Lipinski definition) is 2. The number of rotatable bonds is 6. The van der Waals surface area contributed by atoms with E-state index in [2.05, 4.69) is 35.1 Å². The fraction of sp³-hybridized carbons (Fsp3) is 0.533. The van der Waals surface area contributed by atoms with E-state index in [0.29, 0.717) is 17.2 Å². The number of anilines is 1. The van der Waals surface area contributed by atoms with Crippen LogP contribution in [0.1, 0.15) is 50.4 Å². The van der Waals surface area contributed by atoms with Crippen LogP contribution >= 0.6 is 15.9 Å². The highest BCUT2D eigenvalue weighted by molar-refractivity contribution is 9.10. The first-order chi connectivity index (χ1) is 8.90. The highest BCUT2D eigenvalue weighted by Gasteiger charge is 2.12. The van der Waals surface area contributed by atoms with E-state index in [4.69, 9.17) is 5.73 Å². The predicted octanol–water partition coefficient (Wildman–Crippen LogP) is 3.98. The normalized spacial score (nSPS) is 12.5. The minimum absolute atomic E-state index is 0.0953. The van der Waals surface area contributed by atoms with Crippen LogP contribution in [-0.2, 0) is 0 Å². The molecule has 1 amide bonds. The Bertz CT molecular complexity index is 432. The minimum atomic E-state index is -0.0953. The number of nitrogens with two attached hydrogens (primary N) is 1. The standard InChI is InChI=1S/C15H23BrN2O/c1-10(2)5-4-6-11(3)18-15(19)13-8-7-12(16)9-14(13)17/h7-11H,4-6,17H2,1-3H3,(H,18,19). The van der Waals surface area contributed by atoms with Crippen LogP contribution in [0.5, 0.6) is 0 Å². The lowest BCUT2D eigenvalue weighted by molar-refractivity contribution is 0.0938. The summed E-state index contributed by atoms with van der Waals surface area (Å²) >= 11 is 3.33. The average molecular weight is 327 g/mol. The lowest BCUT2D eigenvalue weighted by Gasteiger charge is -2.15. The molecule has 0 bridgehead atoms. The van der Waals surface area contributed by atoms with Gasteiger partial charge in [0, 0.05) is 16.2 Å². The van der Waals surface area contributed by atoms with Crippen LogP contribution in [0.25, 0.3) is 0 Å². The molecule has 1 aromatic carbocycles. The van der Waals surface area contributed by atoms with Crippen molar-refractivity contribution in [2.24, 2.45) is 5.92 Å². The van der Waals surface area contributed by atoms with Crippen molar-refractivity contribution in [1.82, 2.24) is 5.32 Å². The van der Waals surface area contributed by atoms with Crippen LogP contribution in [0.4, 0.5) is 5.69 Å². The van der Waals surface area contributed by atoms with Gasteiger partial charge in [-0.2, -0.15) is 0 Å². The lowest BCUT2D eigenvalue weighted by atomic mass is 10.0. The van der Waals surface area contributed by atoms with Crippen molar-refractivity contribution in [2.45, 2.75) is 46.1 Å². The molecule has 4 heteroatoms. The third-order valence-corrected chi connectivity index (χ3v) is 3.55. The van der Waals surface area contributed by atoms with Crippen molar-refractivity contribution >= 4 is 27.5 Å². The topological polar surface area (TPSA) is 55.1 Å². The Balaban J connectivity index is 2.50. The molecule has 1 aromatic rings. The van der Waals surface area contributed by atoms with Gasteiger partial charge in [-0.05, 0) is 37.5 Å². The van der Waals surface area contributed by atoms with E-state index in [0.717, 1.165) is 17.3 Å². The maximum absolute atomic E-state index is 12.1. The molecule has 0 aliphatic rings. The molecular formula is C15H23BrN2O. The molecule has 1 rings (SSSR count). The highest BCUT2D eigenvalue weighted by atomic mass is 79.9. The Morgan fingerprint density at radius 3 is 2.58 bits per heavy atom. The van der Waals surface area contributed by atoms with E-state index >= 15 is 0 Å². The maximum Gasteiger partial charge on any atom is 0.253 e. The molecule has 0 aliphatic heterocycles. The molecule has 0 saturated carbocycles. The molecule has 0 heterocycles. The molecule has 0 fully saturated rings. The number of carbonyl (C=O) groups is 1. The van der Waals surface area contributed by atoms with Crippen LogP contribution in [0.2, 0.25) is 0 Å². The van der Waals surface area contributed by atoms with Crippen LogP contribution in [-0.4, -0.2) is 11.9 Å². The van der Waals surface area contributed by atoms with Gasteiger partial charge < -0.3 is 11.1 Å². The van der Waals surface area contributed by atoms with E-state index in [1.165, 1.54) is 6.42 Å². The molecule has 3 N–H and O–H groups in total. The van der Waals surface area contributed by atoms with Gasteiger partial charge in [0.05, 0.1) is 5.56 Å². The zero-order valence-corrected chi connectivity index (χ0v) is 13.5. The number of nitrogen functional groups attached to an aromatic ring is 1. The second kappa shape index (κ2) is 7.53. The SMILES string of the molecule is CC(C)CCCC(C)NC(=O)c1ccc(Br)cc1N. The van der Waals surface area contributed by atoms with Crippen LogP contribution < -0.4 is 11.1 Å². The Hall–Kier alpha value is -1.03. The Morgan fingerprint density at radius 1 is 1.32 bits per heavy atom. The summed E-state index contributed by atoms with van der Waals surface area (Å²) in [5.41, 5.74) is 6.89. The molecule has 1 atom stereocenters. The first-order valence-electron chi connectivity index (χ1n) is 6.76. The molecule has 106 valence electrons. The predicted molar refractivity (Wildman–Crippen MR) is 84.2 cm³/mol. The van der Waals surface area contributed by atoms with Crippen LogP contribution in [0.15, 0.2) is 22.7 Å². The molecule has 0 spiro atoms. The highest BCUT2D eigenvalue weighted by Crippen LogP contribution is 2.18. The second-order valence-corrected chi connectivity index (χ2v) is 6.35. The smallest absolute Gasteiger partial charge is 0.253 e. The summed E-state index contributed by atoms with van der Waals surface area (Å²) in [6.45, 7) is 6.46. The molecule has 0 aliphatic carbocycles. The molecule has 3 nitrogen and oxygen atoms in total. The summed E-state index contributed by atoms with van der Waals surface area (Å²) < 4.78 is 0.881. The van der Waals surface area contributed by atoms with Gasteiger partial charge in [0.15, 0.2) is 0 Å². The van der Waals surface area contributed by atoms with E-state index in [1.54, 1.807) is 12.1 Å². The number of carbonyl (C=O) groups excluding carboxylic acids is 1. The lowest BCUT2D eigenvalue weighted by Crippen LogP contribution is -2.33. The monoisotopic (exact) mass is 326 g/mol. The Morgan fingerprint density at radius 2 is 2.00 bits per heavy atom. The first-order valence-corrected chi connectivity index (χ1v) is 7.55. The summed E-state index contributed by atoms with van der Waals surface area (Å²) in [5, 5.41) is 3.00. The van der Waals surface area contributed by atoms with Gasteiger partial charge in [0.2, 0.25) is 0 Å². The van der Waals surface area contributed by atoms with Crippen molar-refractivity contribution in [3.63, 3.8) is 0 Å². The minimum Gasteiger partial charge on any atom is -0.398 e. The zero-order chi connectivity index (χ0) is 14.4. The van der Waals surface area contributed by atoms with Gasteiger partial charge in [-0.3, -0.25) is 4.79 Å². The van der Waals surface area contributed by atoms with E-state index in [1.807, 2.05) is 13.0 Å². The van der Waals surface area contributed by atoms with Crippen molar-refractivity contribution < 1.29 is 4.79 Å². The Kier molecular flexibility index (Phi) is 6.35. The summed E-state index contributed by atoms with van der Waals surface area (Å²) in [6.07, 6.45) is 3.33. The molecule has 1 unspecified atom stereocenters. The van der Waals surface area contributed by atoms with Gasteiger partial charge in [-0.15, -0.1) is 0 Å². The quantitative estimate of drug-likeness (QED) is 0.777. The molecule has 0 aromatic heterocycles. The van der Waals surface area contributed by atoms with E-state index in [-0.39, 0.29) is 11.9 Å². The third kappa shape index (κ3) is 5.64. The molecule has 19 heavy (non-hydrogen) atoms. The maximum atomic E-state index is 12.1. The van der Waals surface area contributed by atoms with Gasteiger partial charge in [-0.25, -0.2) is 0 Å². The summed E-state index contributed by atoms with van der Waals surface area (Å²) in [7, 11) is 0. The number of nitrogens with one attached hydrogen (secondary N) is 1. The fourth-order valence-electron chi connectivity index (χ4n) is 1.95. The third-order valence-electron chi connectivity index (χ3n) is 3.05. The second-order valence-electron chi connectivity index (χ2n) is 5.43. The summed E-state index contributed by atoms with van der Waals surface area (Å²) in [5.74, 6) is 0.618. The van der Waals surface area contributed by atoms with Crippen molar-refractivity contribution in [1.29, 1.82) is 0 Å². The number of amides is 1. The van der Waals surface area contributed by atoms with Crippen LogP contribution in [0, 0.1) is 5.92 Å². The van der Waals surface area contributed by atoms with Crippen molar-refractivity contribution in [3.05, 3.63) is 28.2 Å². The molecule has 0 saturated heterocycles. The number of halogens is 1. The average Bonchev–Trinajstić information content (AvgIpc) is 2.27. The molecular weight excluding hydrogens is 304 g/mol. The van der Waals surface area contributed by atoms with Gasteiger partial charge >= 0.3 is 0 Å². The van der Waals surface area contributed by atoms with E-state index < -0.39 is 0 Å². The van der Waals surface area contributed by atoms with E-state index in [9.17, 15) is 4.79 Å². The fourth-order valence-corrected chi connectivity index (χ4v) is 2.33. The molecule has 0 radical (unpaired) electrons. The van der Waals surface area contributed by atoms with Crippen molar-refractivity contribution in [2.75, 3.05) is 5.73 Å². The van der Waals surface area contributed by atoms with Gasteiger partial charge in [0.25, 0.3) is 5.91 Å². The van der Waals surface area contributed by atoms with Crippen molar-refractivity contribution in [3.8, 4) is 0 Å². The Labute approximate surface area is 124 Å². The number of benzene rings is 1. The number of hydrogen-bond acceptors (Lipinski definition) is 2. The van der Waals surface area contributed by atoms with Crippen LogP contribution in [0.3, 0.4) is 0 Å². The van der Waals surface area contributed by atoms with Gasteiger partial charge in [-0.1, -0.05) is 42.6 Å². The summed E-state index contributed by atoms with van der Waals surface area (Å²) in [6, 6.07) is 5.50. The summed E-state index contributed by atoms with van der Waals surface area (Å²) in [4.78, 5) is 12.1. The largest absolute Gasteiger partial charge is 0.398 e.